The van der Waals surface area contributed by atoms with Crippen molar-refractivity contribution in [3.05, 3.63) is 210 Å². The van der Waals surface area contributed by atoms with E-state index in [0.717, 1.165) is 39.0 Å². The van der Waals surface area contributed by atoms with Gasteiger partial charge < -0.3 is 9.32 Å². The van der Waals surface area contributed by atoms with E-state index in [1.165, 1.54) is 53.6 Å². The van der Waals surface area contributed by atoms with Gasteiger partial charge in [0.05, 0.1) is 16.5 Å². The molecule has 2 aromatic heterocycles. The van der Waals surface area contributed by atoms with E-state index in [4.69, 9.17) is 4.42 Å². The Morgan fingerprint density at radius 3 is 1.85 bits per heavy atom. The Bertz CT molecular complexity index is 2930. The maximum absolute atomic E-state index is 6.39. The lowest BCUT2D eigenvalue weighted by Gasteiger charge is -2.34. The van der Waals surface area contributed by atoms with Crippen LogP contribution in [0.5, 0.6) is 0 Å². The second kappa shape index (κ2) is 11.3. The number of anilines is 3. The molecule has 0 saturated carbocycles. The highest BCUT2D eigenvalue weighted by molar-refractivity contribution is 7.25. The van der Waals surface area contributed by atoms with Crippen molar-refractivity contribution in [2.75, 3.05) is 4.90 Å². The average molecular weight is 682 g/mol. The van der Waals surface area contributed by atoms with Crippen LogP contribution in [0.2, 0.25) is 0 Å². The third kappa shape index (κ3) is 4.06. The Morgan fingerprint density at radius 1 is 0.423 bits per heavy atom. The second-order valence-corrected chi connectivity index (χ2v) is 14.7. The zero-order valence-electron chi connectivity index (χ0n) is 28.2. The SMILES string of the molecule is c1ccc(N(c2ccc3sc4cccc(C5(c6ccccc6)c6ccccc6-c6ccccc65)c4c3c2)c2cccc3oc4ccccc4c23)cc1. The Kier molecular flexibility index (Phi) is 6.37. The Morgan fingerprint density at radius 2 is 1.06 bits per heavy atom. The third-order valence-electron chi connectivity index (χ3n) is 10.9. The van der Waals surface area contributed by atoms with Crippen LogP contribution in [0.4, 0.5) is 17.1 Å². The van der Waals surface area contributed by atoms with Gasteiger partial charge in [0.1, 0.15) is 11.2 Å². The molecule has 2 heterocycles. The molecule has 2 nitrogen and oxygen atoms in total. The molecule has 0 unspecified atom stereocenters. The molecule has 0 amide bonds. The lowest BCUT2D eigenvalue weighted by Crippen LogP contribution is -2.28. The van der Waals surface area contributed by atoms with Crippen molar-refractivity contribution in [3.63, 3.8) is 0 Å². The van der Waals surface area contributed by atoms with Crippen molar-refractivity contribution in [1.82, 2.24) is 0 Å². The lowest BCUT2D eigenvalue weighted by atomic mass is 9.66. The summed E-state index contributed by atoms with van der Waals surface area (Å²) in [5.74, 6) is 0. The van der Waals surface area contributed by atoms with Crippen molar-refractivity contribution in [3.8, 4) is 11.1 Å². The van der Waals surface area contributed by atoms with Gasteiger partial charge in [0.15, 0.2) is 0 Å². The van der Waals surface area contributed by atoms with E-state index in [9.17, 15) is 0 Å². The largest absolute Gasteiger partial charge is 0.456 e. The number of hydrogen-bond donors (Lipinski definition) is 0. The molecular weight excluding hydrogens is 651 g/mol. The monoisotopic (exact) mass is 681 g/mol. The molecule has 0 N–H and O–H groups in total. The fourth-order valence-electron chi connectivity index (χ4n) is 8.89. The number of furan rings is 1. The molecule has 1 aliphatic rings. The van der Waals surface area contributed by atoms with E-state index in [1.54, 1.807) is 0 Å². The third-order valence-corrected chi connectivity index (χ3v) is 12.1. The van der Waals surface area contributed by atoms with Crippen molar-refractivity contribution in [1.29, 1.82) is 0 Å². The summed E-state index contributed by atoms with van der Waals surface area (Å²) < 4.78 is 8.95. The highest BCUT2D eigenvalue weighted by Crippen LogP contribution is 2.58. The molecule has 0 saturated heterocycles. The van der Waals surface area contributed by atoms with Crippen LogP contribution < -0.4 is 4.90 Å². The van der Waals surface area contributed by atoms with E-state index in [2.05, 4.69) is 187 Å². The van der Waals surface area contributed by atoms with E-state index in [-0.39, 0.29) is 0 Å². The normalized spacial score (nSPS) is 13.2. The Balaban J connectivity index is 1.23. The lowest BCUT2D eigenvalue weighted by molar-refractivity contribution is 0.669. The molecule has 0 fully saturated rings. The van der Waals surface area contributed by atoms with Crippen molar-refractivity contribution in [2.24, 2.45) is 0 Å². The van der Waals surface area contributed by atoms with Gasteiger partial charge in [-0.3, -0.25) is 0 Å². The first kappa shape index (κ1) is 29.3. The van der Waals surface area contributed by atoms with Gasteiger partial charge in [-0.2, -0.15) is 0 Å². The van der Waals surface area contributed by atoms with Gasteiger partial charge in [0.2, 0.25) is 0 Å². The van der Waals surface area contributed by atoms with Crippen molar-refractivity contribution in [2.45, 2.75) is 5.41 Å². The molecular formula is C49H31NOS. The molecule has 0 atom stereocenters. The predicted molar refractivity (Wildman–Crippen MR) is 219 cm³/mol. The van der Waals surface area contributed by atoms with Crippen LogP contribution in [-0.2, 0) is 5.41 Å². The van der Waals surface area contributed by atoms with Crippen LogP contribution in [0, 0.1) is 0 Å². The smallest absolute Gasteiger partial charge is 0.137 e. The molecule has 0 aliphatic heterocycles. The number of rotatable bonds is 5. The highest BCUT2D eigenvalue weighted by Gasteiger charge is 2.47. The van der Waals surface area contributed by atoms with Crippen LogP contribution in [-0.4, -0.2) is 0 Å². The predicted octanol–water partition coefficient (Wildman–Crippen LogP) is 13.8. The van der Waals surface area contributed by atoms with E-state index in [1.807, 2.05) is 17.4 Å². The summed E-state index contributed by atoms with van der Waals surface area (Å²) in [4.78, 5) is 2.39. The van der Waals surface area contributed by atoms with Crippen molar-refractivity contribution >= 4 is 70.5 Å². The fourth-order valence-corrected chi connectivity index (χ4v) is 10.0. The minimum Gasteiger partial charge on any atom is -0.456 e. The quantitative estimate of drug-likeness (QED) is 0.180. The standard InChI is InChI=1S/C49H31NOS/c1-3-15-32(16-4-1)49(39-22-10-7-19-35(39)36-20-8-11-23-40(36)49)41-24-13-28-46-47(41)38-31-34(29-30-45(38)52-46)50(33-17-5-2-6-18-33)42-25-14-27-44-48(42)37-21-9-12-26-43(37)51-44/h1-31H. The van der Waals surface area contributed by atoms with Gasteiger partial charge in [-0.05, 0) is 88.0 Å². The zero-order valence-corrected chi connectivity index (χ0v) is 29.0. The Hall–Kier alpha value is -6.42. The molecule has 0 radical (unpaired) electrons. The van der Waals surface area contributed by atoms with Crippen molar-refractivity contribution < 1.29 is 4.42 Å². The van der Waals surface area contributed by atoms with E-state index >= 15 is 0 Å². The van der Waals surface area contributed by atoms with Crippen LogP contribution in [0.1, 0.15) is 22.3 Å². The number of para-hydroxylation sites is 2. The van der Waals surface area contributed by atoms with Crippen LogP contribution >= 0.6 is 11.3 Å². The fraction of sp³-hybridized carbons (Fsp3) is 0.0204. The van der Waals surface area contributed by atoms with Gasteiger partial charge in [-0.25, -0.2) is 0 Å². The summed E-state index contributed by atoms with van der Waals surface area (Å²) in [5.41, 5.74) is 12.4. The molecule has 0 bridgehead atoms. The van der Waals surface area contributed by atoms with Gasteiger partial charge in [0.25, 0.3) is 0 Å². The topological polar surface area (TPSA) is 16.4 Å². The summed E-state index contributed by atoms with van der Waals surface area (Å²) in [6, 6.07) is 68.5. The summed E-state index contributed by atoms with van der Waals surface area (Å²) in [7, 11) is 0. The van der Waals surface area contributed by atoms with E-state index in [0.29, 0.717) is 0 Å². The number of benzene rings is 8. The second-order valence-electron chi connectivity index (χ2n) is 13.6. The Labute approximate surface area is 305 Å². The highest BCUT2D eigenvalue weighted by atomic mass is 32.1. The number of fused-ring (bicyclic) bond motifs is 9. The minimum absolute atomic E-state index is 0.488. The minimum atomic E-state index is -0.488. The van der Waals surface area contributed by atoms with Gasteiger partial charge in [-0.15, -0.1) is 11.3 Å². The molecule has 1 aliphatic carbocycles. The molecule has 10 aromatic rings. The van der Waals surface area contributed by atoms with Gasteiger partial charge in [-0.1, -0.05) is 133 Å². The molecule has 52 heavy (non-hydrogen) atoms. The first-order chi connectivity index (χ1) is 25.8. The molecule has 3 heteroatoms. The molecule has 244 valence electrons. The zero-order chi connectivity index (χ0) is 34.2. The number of hydrogen-bond acceptors (Lipinski definition) is 3. The summed E-state index contributed by atoms with van der Waals surface area (Å²) >= 11 is 1.88. The first-order valence-electron chi connectivity index (χ1n) is 17.8. The van der Waals surface area contributed by atoms with E-state index < -0.39 is 5.41 Å². The molecule has 11 rings (SSSR count). The summed E-state index contributed by atoms with van der Waals surface area (Å²) in [6.07, 6.45) is 0. The molecule has 0 spiro atoms. The maximum Gasteiger partial charge on any atom is 0.137 e. The number of thiophene rings is 1. The maximum atomic E-state index is 6.39. The summed E-state index contributed by atoms with van der Waals surface area (Å²) in [5, 5.41) is 4.79. The number of nitrogens with zero attached hydrogens (tertiary/aromatic N) is 1. The van der Waals surface area contributed by atoms with Gasteiger partial charge >= 0.3 is 0 Å². The van der Waals surface area contributed by atoms with Crippen LogP contribution in [0.3, 0.4) is 0 Å². The summed E-state index contributed by atoms with van der Waals surface area (Å²) in [6.45, 7) is 0. The molecule has 8 aromatic carbocycles. The van der Waals surface area contributed by atoms with Crippen LogP contribution in [0.25, 0.3) is 53.2 Å². The first-order valence-corrected chi connectivity index (χ1v) is 18.6. The van der Waals surface area contributed by atoms with Crippen LogP contribution in [0.15, 0.2) is 192 Å². The average Bonchev–Trinajstić information content (AvgIpc) is 3.87. The van der Waals surface area contributed by atoms with Gasteiger partial charge in [0, 0.05) is 36.9 Å².